The molecule has 4 rings (SSSR count). The van der Waals surface area contributed by atoms with Crippen LogP contribution in [0.2, 0.25) is 10.0 Å². The summed E-state index contributed by atoms with van der Waals surface area (Å²) < 4.78 is 0. The number of halogens is 2. The molecule has 0 saturated heterocycles. The zero-order valence-corrected chi connectivity index (χ0v) is 19.1. The van der Waals surface area contributed by atoms with Crippen LogP contribution >= 0.6 is 23.2 Å². The van der Waals surface area contributed by atoms with Gasteiger partial charge < -0.3 is 16.0 Å². The van der Waals surface area contributed by atoms with E-state index in [-0.39, 0.29) is 5.91 Å². The molecule has 1 aromatic heterocycles. The summed E-state index contributed by atoms with van der Waals surface area (Å²) in [4.78, 5) is 21.6. The van der Waals surface area contributed by atoms with Crippen molar-refractivity contribution in [2.75, 3.05) is 13.1 Å². The van der Waals surface area contributed by atoms with Gasteiger partial charge in [-0.1, -0.05) is 23.2 Å². The van der Waals surface area contributed by atoms with E-state index in [1.807, 2.05) is 31.3 Å². The second-order valence-corrected chi connectivity index (χ2v) is 8.45. The van der Waals surface area contributed by atoms with Crippen LogP contribution in [0, 0.1) is 6.92 Å². The van der Waals surface area contributed by atoms with Crippen LogP contribution in [-0.4, -0.2) is 29.9 Å². The summed E-state index contributed by atoms with van der Waals surface area (Å²) in [5.41, 5.74) is 5.39. The Morgan fingerprint density at radius 2 is 1.84 bits per heavy atom. The first kappa shape index (κ1) is 22.1. The van der Waals surface area contributed by atoms with E-state index >= 15 is 0 Å². The number of rotatable bonds is 6. The highest BCUT2D eigenvalue weighted by atomic mass is 35.5. The highest BCUT2D eigenvalue weighted by Crippen LogP contribution is 2.25. The number of hydrogen-bond donors (Lipinski definition) is 3. The molecule has 0 aliphatic carbocycles. The van der Waals surface area contributed by atoms with Crippen molar-refractivity contribution in [2.24, 2.45) is 4.99 Å². The van der Waals surface area contributed by atoms with Crippen molar-refractivity contribution in [2.45, 2.75) is 20.0 Å². The molecule has 0 atom stereocenters. The molecule has 0 saturated carbocycles. The van der Waals surface area contributed by atoms with E-state index in [0.717, 1.165) is 46.9 Å². The molecular formula is C24H23Cl2N5O. The predicted octanol–water partition coefficient (Wildman–Crippen LogP) is 4.34. The third kappa shape index (κ3) is 5.58. The molecule has 6 nitrogen and oxygen atoms in total. The topological polar surface area (TPSA) is 78.4 Å². The summed E-state index contributed by atoms with van der Waals surface area (Å²) in [6, 6.07) is 13.0. The summed E-state index contributed by atoms with van der Waals surface area (Å²) in [5, 5.41) is 10.5. The van der Waals surface area contributed by atoms with Crippen molar-refractivity contribution in [3.63, 3.8) is 0 Å². The Labute approximate surface area is 197 Å². The van der Waals surface area contributed by atoms with Crippen LogP contribution in [-0.2, 0) is 13.1 Å². The molecule has 0 fully saturated rings. The molecule has 0 unspecified atom stereocenters. The van der Waals surface area contributed by atoms with Gasteiger partial charge in [-0.25, -0.2) is 0 Å². The lowest BCUT2D eigenvalue weighted by atomic mass is 9.97. The second-order valence-electron chi connectivity index (χ2n) is 7.58. The van der Waals surface area contributed by atoms with Gasteiger partial charge in [-0.15, -0.1) is 0 Å². The quantitative estimate of drug-likeness (QED) is 0.503. The molecule has 8 heteroatoms. The number of nitrogens with one attached hydrogen (secondary N) is 3. The Kier molecular flexibility index (Phi) is 6.93. The number of amides is 1. The Balaban J connectivity index is 1.58. The maximum atomic E-state index is 13.0. The van der Waals surface area contributed by atoms with Crippen molar-refractivity contribution in [3.8, 4) is 11.1 Å². The molecule has 1 amide bonds. The number of guanidine groups is 1. The van der Waals surface area contributed by atoms with Crippen molar-refractivity contribution < 1.29 is 4.79 Å². The fourth-order valence-electron chi connectivity index (χ4n) is 3.55. The van der Waals surface area contributed by atoms with Crippen LogP contribution in [0.25, 0.3) is 11.1 Å². The van der Waals surface area contributed by atoms with Crippen molar-refractivity contribution in [1.82, 2.24) is 20.9 Å². The molecule has 3 aromatic rings. The van der Waals surface area contributed by atoms with Crippen molar-refractivity contribution in [3.05, 3.63) is 87.2 Å². The Hall–Kier alpha value is -3.09. The van der Waals surface area contributed by atoms with Crippen LogP contribution in [0.5, 0.6) is 0 Å². The van der Waals surface area contributed by atoms with E-state index < -0.39 is 0 Å². The molecule has 2 aromatic carbocycles. The summed E-state index contributed by atoms with van der Waals surface area (Å²) in [5.74, 6) is 0.596. The molecule has 32 heavy (non-hydrogen) atoms. The second kappa shape index (κ2) is 10.0. The largest absolute Gasteiger partial charge is 0.355 e. The van der Waals surface area contributed by atoms with Gasteiger partial charge >= 0.3 is 0 Å². The Morgan fingerprint density at radius 1 is 1.06 bits per heavy atom. The first-order valence-electron chi connectivity index (χ1n) is 10.3. The molecule has 0 spiro atoms. The number of pyridine rings is 1. The number of carbonyl (C=O) groups excluding carboxylic acids is 1. The highest BCUT2D eigenvalue weighted by Gasteiger charge is 2.13. The van der Waals surface area contributed by atoms with E-state index in [9.17, 15) is 4.79 Å². The Morgan fingerprint density at radius 3 is 2.56 bits per heavy atom. The summed E-state index contributed by atoms with van der Waals surface area (Å²) in [7, 11) is 0. The minimum atomic E-state index is -0.179. The van der Waals surface area contributed by atoms with E-state index in [2.05, 4.69) is 32.0 Å². The van der Waals surface area contributed by atoms with Gasteiger partial charge in [-0.05, 0) is 71.6 Å². The Bertz CT molecular complexity index is 1160. The van der Waals surface area contributed by atoms with Gasteiger partial charge in [-0.3, -0.25) is 14.8 Å². The number of aromatic nitrogens is 1. The third-order valence-electron chi connectivity index (χ3n) is 5.11. The van der Waals surface area contributed by atoms with Gasteiger partial charge in [-0.2, -0.15) is 0 Å². The molecule has 1 aliphatic rings. The van der Waals surface area contributed by atoms with E-state index in [4.69, 9.17) is 23.2 Å². The lowest BCUT2D eigenvalue weighted by Gasteiger charge is -2.13. The monoisotopic (exact) mass is 467 g/mol. The van der Waals surface area contributed by atoms with Gasteiger partial charge in [0, 0.05) is 53.2 Å². The van der Waals surface area contributed by atoms with Crippen LogP contribution in [0.1, 0.15) is 27.0 Å². The fraction of sp³-hybridized carbons (Fsp3) is 0.208. The predicted molar refractivity (Wildman–Crippen MR) is 129 cm³/mol. The summed E-state index contributed by atoms with van der Waals surface area (Å²) in [6.07, 6.45) is 3.58. The first-order valence-corrected chi connectivity index (χ1v) is 11.0. The molecule has 2 heterocycles. The van der Waals surface area contributed by atoms with E-state index in [1.54, 1.807) is 24.4 Å². The smallest absolute Gasteiger partial charge is 0.251 e. The number of aliphatic imine (C=N–C) groups is 1. The maximum Gasteiger partial charge on any atom is 0.251 e. The van der Waals surface area contributed by atoms with Gasteiger partial charge in [0.1, 0.15) is 0 Å². The molecule has 3 N–H and O–H groups in total. The molecule has 0 bridgehead atoms. The summed E-state index contributed by atoms with van der Waals surface area (Å²) >= 11 is 12.1. The minimum absolute atomic E-state index is 0.179. The number of nitrogens with zero attached hydrogens (tertiary/aromatic N) is 2. The van der Waals surface area contributed by atoms with Crippen molar-refractivity contribution in [1.29, 1.82) is 0 Å². The van der Waals surface area contributed by atoms with Crippen LogP contribution < -0.4 is 16.0 Å². The number of benzene rings is 2. The van der Waals surface area contributed by atoms with Gasteiger partial charge in [0.05, 0.1) is 6.54 Å². The highest BCUT2D eigenvalue weighted by molar-refractivity contribution is 6.34. The average molecular weight is 468 g/mol. The van der Waals surface area contributed by atoms with Crippen LogP contribution in [0.3, 0.4) is 0 Å². The van der Waals surface area contributed by atoms with Gasteiger partial charge in [0.25, 0.3) is 5.91 Å². The molecule has 0 radical (unpaired) electrons. The fourth-order valence-corrected chi connectivity index (χ4v) is 4.12. The van der Waals surface area contributed by atoms with Gasteiger partial charge in [0.2, 0.25) is 0 Å². The normalized spacial score (nSPS) is 12.8. The number of carbonyl (C=O) groups is 1. The SMILES string of the molecule is Cc1ccncc1-c1cc(CNC2=NCCN2)cc(C(=O)NCc2cc(Cl)cc(Cl)c2)c1. The lowest BCUT2D eigenvalue weighted by Crippen LogP contribution is -2.33. The standard InChI is InChI=1S/C24H23Cl2N5O/c1-15-2-3-27-14-22(15)18-6-16(13-31-24-28-4-5-29-24)7-19(10-18)23(32)30-12-17-8-20(25)11-21(26)9-17/h2-3,6-11,14H,4-5,12-13H2,1H3,(H,30,32)(H2,28,29,31). The third-order valence-corrected chi connectivity index (χ3v) is 5.55. The van der Waals surface area contributed by atoms with Crippen LogP contribution in [0.15, 0.2) is 59.9 Å². The van der Waals surface area contributed by atoms with Crippen LogP contribution in [0.4, 0.5) is 0 Å². The number of hydrogen-bond acceptors (Lipinski definition) is 5. The molecule has 1 aliphatic heterocycles. The minimum Gasteiger partial charge on any atom is -0.355 e. The molecular weight excluding hydrogens is 445 g/mol. The van der Waals surface area contributed by atoms with Gasteiger partial charge in [0.15, 0.2) is 5.96 Å². The van der Waals surface area contributed by atoms with E-state index in [1.165, 1.54) is 0 Å². The first-order chi connectivity index (χ1) is 15.5. The lowest BCUT2D eigenvalue weighted by molar-refractivity contribution is 0.0951. The maximum absolute atomic E-state index is 13.0. The number of aryl methyl sites for hydroxylation is 1. The molecule has 164 valence electrons. The van der Waals surface area contributed by atoms with Crippen molar-refractivity contribution >= 4 is 35.1 Å². The average Bonchev–Trinajstić information content (AvgIpc) is 3.29. The summed E-state index contributed by atoms with van der Waals surface area (Å²) in [6.45, 7) is 4.49. The van der Waals surface area contributed by atoms with E-state index in [0.29, 0.717) is 28.7 Å². The zero-order chi connectivity index (χ0) is 22.5. The zero-order valence-electron chi connectivity index (χ0n) is 17.6.